The Morgan fingerprint density at radius 3 is 2.67 bits per heavy atom. The Morgan fingerprint density at radius 1 is 1.07 bits per heavy atom. The summed E-state index contributed by atoms with van der Waals surface area (Å²) in [7, 11) is 0. The molecule has 0 bridgehead atoms. The van der Waals surface area contributed by atoms with E-state index in [9.17, 15) is 0 Å². The Kier molecular flexibility index (Phi) is 4.91. The molecule has 0 radical (unpaired) electrons. The van der Waals surface area contributed by atoms with Crippen LogP contribution in [0.3, 0.4) is 0 Å². The third-order valence-electron chi connectivity index (χ3n) is 4.29. The summed E-state index contributed by atoms with van der Waals surface area (Å²) in [5.41, 5.74) is 8.15. The monoisotopic (exact) mass is 414 g/mol. The second-order valence-electron chi connectivity index (χ2n) is 6.12. The molecule has 0 atom stereocenters. The van der Waals surface area contributed by atoms with Gasteiger partial charge in [-0.25, -0.2) is 4.98 Å². The first-order valence-corrected chi connectivity index (χ1v) is 9.89. The van der Waals surface area contributed by atoms with Crippen molar-refractivity contribution < 1.29 is 0 Å². The van der Waals surface area contributed by atoms with Gasteiger partial charge in [0, 0.05) is 22.6 Å². The molecule has 4 nitrogen and oxygen atoms in total. The van der Waals surface area contributed by atoms with Gasteiger partial charge in [0.1, 0.15) is 0 Å². The van der Waals surface area contributed by atoms with Gasteiger partial charge in [-0.05, 0) is 50.2 Å². The molecular weight excluding hydrogens is 399 g/mol. The molecule has 2 aromatic heterocycles. The first-order valence-electron chi connectivity index (χ1n) is 8.32. The topological polar surface area (TPSA) is 42.2 Å². The number of rotatable bonds is 4. The molecule has 7 heteroatoms. The maximum atomic E-state index is 6.17. The Hall–Kier alpha value is -2.34. The summed E-state index contributed by atoms with van der Waals surface area (Å²) in [6.45, 7) is 4.10. The van der Waals surface area contributed by atoms with E-state index in [1.165, 1.54) is 0 Å². The predicted molar refractivity (Wildman–Crippen MR) is 116 cm³/mol. The van der Waals surface area contributed by atoms with E-state index in [1.807, 2.05) is 49.5 Å². The zero-order valence-corrected chi connectivity index (χ0v) is 17.0. The molecule has 4 rings (SSSR count). The van der Waals surface area contributed by atoms with Crippen LogP contribution in [0.4, 0.5) is 5.13 Å². The first-order chi connectivity index (χ1) is 13.0. The van der Waals surface area contributed by atoms with Crippen molar-refractivity contribution in [3.63, 3.8) is 0 Å². The number of aromatic nitrogens is 2. The summed E-state index contributed by atoms with van der Waals surface area (Å²) in [5, 5.41) is 6.21. The van der Waals surface area contributed by atoms with Crippen molar-refractivity contribution in [3.05, 3.63) is 75.5 Å². The zero-order valence-electron chi connectivity index (χ0n) is 14.7. The first kappa shape index (κ1) is 18.0. The molecule has 4 aromatic rings. The Morgan fingerprint density at radius 2 is 1.89 bits per heavy atom. The van der Waals surface area contributed by atoms with Crippen LogP contribution in [0.2, 0.25) is 10.0 Å². The number of para-hydroxylation sites is 1. The number of fused-ring (bicyclic) bond motifs is 1. The van der Waals surface area contributed by atoms with Crippen LogP contribution >= 0.6 is 34.5 Å². The van der Waals surface area contributed by atoms with Gasteiger partial charge in [0.05, 0.1) is 26.5 Å². The molecule has 0 saturated carbocycles. The molecule has 0 saturated heterocycles. The number of aryl methyl sites for hydroxylation is 1. The molecule has 2 heterocycles. The van der Waals surface area contributed by atoms with Gasteiger partial charge in [-0.3, -0.25) is 5.43 Å². The molecule has 27 heavy (non-hydrogen) atoms. The fraction of sp³-hybridized carbons (Fsp3) is 0.100. The number of halogens is 2. The van der Waals surface area contributed by atoms with Crippen molar-refractivity contribution in [2.24, 2.45) is 5.10 Å². The highest BCUT2D eigenvalue weighted by Gasteiger charge is 2.11. The Balaban J connectivity index is 1.59. The molecule has 0 aliphatic carbocycles. The molecule has 136 valence electrons. The minimum Gasteiger partial charge on any atom is -0.318 e. The second kappa shape index (κ2) is 7.35. The normalized spacial score (nSPS) is 11.6. The van der Waals surface area contributed by atoms with Gasteiger partial charge in [0.2, 0.25) is 5.13 Å². The van der Waals surface area contributed by atoms with Crippen LogP contribution in [-0.2, 0) is 0 Å². The molecule has 0 unspecified atom stereocenters. The van der Waals surface area contributed by atoms with Crippen molar-refractivity contribution in [3.8, 4) is 5.69 Å². The minimum atomic E-state index is 0.536. The number of thiazole rings is 1. The molecule has 0 aliphatic rings. The van der Waals surface area contributed by atoms with E-state index >= 15 is 0 Å². The van der Waals surface area contributed by atoms with Gasteiger partial charge >= 0.3 is 0 Å². The number of hydrogen-bond acceptors (Lipinski definition) is 4. The number of hydrogen-bond donors (Lipinski definition) is 1. The smallest absolute Gasteiger partial charge is 0.204 e. The highest BCUT2D eigenvalue weighted by Crippen LogP contribution is 2.28. The summed E-state index contributed by atoms with van der Waals surface area (Å²) < 4.78 is 3.26. The SMILES string of the molecule is Cc1cc(/C=N\Nc2nc3ccccc3s2)c(C)n1-c1ccc(Cl)c(Cl)c1. The number of hydrazone groups is 1. The van der Waals surface area contributed by atoms with E-state index in [0.717, 1.165) is 38.0 Å². The number of benzene rings is 2. The van der Waals surface area contributed by atoms with Gasteiger partial charge < -0.3 is 4.57 Å². The van der Waals surface area contributed by atoms with Gasteiger partial charge in [-0.1, -0.05) is 46.7 Å². The van der Waals surface area contributed by atoms with Crippen molar-refractivity contribution in [2.45, 2.75) is 13.8 Å². The van der Waals surface area contributed by atoms with Crippen molar-refractivity contribution in [1.82, 2.24) is 9.55 Å². The Bertz CT molecular complexity index is 1130. The lowest BCUT2D eigenvalue weighted by Gasteiger charge is -2.10. The highest BCUT2D eigenvalue weighted by molar-refractivity contribution is 7.22. The van der Waals surface area contributed by atoms with Gasteiger partial charge in [0.15, 0.2) is 0 Å². The van der Waals surface area contributed by atoms with E-state index in [4.69, 9.17) is 23.2 Å². The van der Waals surface area contributed by atoms with E-state index in [2.05, 4.69) is 33.1 Å². The molecule has 0 spiro atoms. The minimum absolute atomic E-state index is 0.536. The predicted octanol–water partition coefficient (Wildman–Crippen LogP) is 6.46. The molecule has 2 aromatic carbocycles. The molecule has 1 N–H and O–H groups in total. The molecular formula is C20H16Cl2N4S. The average molecular weight is 415 g/mol. The maximum absolute atomic E-state index is 6.17. The quantitative estimate of drug-likeness (QED) is 0.307. The number of anilines is 1. The summed E-state index contributed by atoms with van der Waals surface area (Å²) in [6, 6.07) is 15.7. The van der Waals surface area contributed by atoms with Crippen molar-refractivity contribution in [1.29, 1.82) is 0 Å². The lowest BCUT2D eigenvalue weighted by atomic mass is 10.2. The van der Waals surface area contributed by atoms with E-state index in [0.29, 0.717) is 10.0 Å². The maximum Gasteiger partial charge on any atom is 0.204 e. The van der Waals surface area contributed by atoms with Crippen LogP contribution in [0.1, 0.15) is 17.0 Å². The lowest BCUT2D eigenvalue weighted by molar-refractivity contribution is 0.965. The fourth-order valence-electron chi connectivity index (χ4n) is 3.02. The average Bonchev–Trinajstić information content (AvgIpc) is 3.18. The van der Waals surface area contributed by atoms with Crippen LogP contribution in [0.25, 0.3) is 15.9 Å². The summed E-state index contributed by atoms with van der Waals surface area (Å²) in [6.07, 6.45) is 1.81. The Labute approximate surface area is 171 Å². The number of nitrogens with zero attached hydrogens (tertiary/aromatic N) is 3. The van der Waals surface area contributed by atoms with E-state index in [1.54, 1.807) is 17.4 Å². The summed E-state index contributed by atoms with van der Waals surface area (Å²) in [5.74, 6) is 0. The van der Waals surface area contributed by atoms with Crippen molar-refractivity contribution >= 4 is 56.1 Å². The lowest BCUT2D eigenvalue weighted by Crippen LogP contribution is -2.00. The molecule has 0 aliphatic heterocycles. The van der Waals surface area contributed by atoms with Crippen molar-refractivity contribution in [2.75, 3.05) is 5.43 Å². The highest BCUT2D eigenvalue weighted by atomic mass is 35.5. The largest absolute Gasteiger partial charge is 0.318 e. The number of nitrogens with one attached hydrogen (secondary N) is 1. The third-order valence-corrected chi connectivity index (χ3v) is 5.97. The molecule has 0 fully saturated rings. The summed E-state index contributed by atoms with van der Waals surface area (Å²) >= 11 is 13.8. The van der Waals surface area contributed by atoms with Crippen LogP contribution in [0.5, 0.6) is 0 Å². The van der Waals surface area contributed by atoms with E-state index < -0.39 is 0 Å². The van der Waals surface area contributed by atoms with Gasteiger partial charge in [-0.2, -0.15) is 5.10 Å². The fourth-order valence-corrected chi connectivity index (χ4v) is 4.12. The second-order valence-corrected chi connectivity index (χ2v) is 7.96. The van der Waals surface area contributed by atoms with Gasteiger partial charge in [-0.15, -0.1) is 0 Å². The van der Waals surface area contributed by atoms with Crippen LogP contribution in [0.15, 0.2) is 53.6 Å². The van der Waals surface area contributed by atoms with Gasteiger partial charge in [0.25, 0.3) is 0 Å². The third kappa shape index (κ3) is 3.58. The van der Waals surface area contributed by atoms with Crippen LogP contribution in [-0.4, -0.2) is 15.8 Å². The van der Waals surface area contributed by atoms with E-state index in [-0.39, 0.29) is 0 Å². The van der Waals surface area contributed by atoms with Crippen LogP contribution < -0.4 is 5.43 Å². The molecule has 0 amide bonds. The summed E-state index contributed by atoms with van der Waals surface area (Å²) in [4.78, 5) is 4.52. The standard InChI is InChI=1S/C20H16Cl2N4S/c1-12-9-14(13(2)26(12)15-7-8-16(21)17(22)10-15)11-23-25-20-24-18-5-3-4-6-19(18)27-20/h3-11H,1-2H3,(H,24,25)/b23-11-. The van der Waals surface area contributed by atoms with Crippen LogP contribution in [0, 0.1) is 13.8 Å². The zero-order chi connectivity index (χ0) is 19.0.